The Hall–Kier alpha value is -0.790. The maximum absolute atomic E-state index is 11.4. The molecule has 1 N–H and O–H groups in total. The van der Waals surface area contributed by atoms with Gasteiger partial charge in [-0.15, -0.1) is 0 Å². The number of hydrogen-bond acceptors (Lipinski definition) is 1. The van der Waals surface area contributed by atoms with Crippen LogP contribution in [0.4, 0.5) is 0 Å². The lowest BCUT2D eigenvalue weighted by atomic mass is 9.76. The van der Waals surface area contributed by atoms with Crippen LogP contribution in [0.1, 0.15) is 59.8 Å². The second kappa shape index (κ2) is 5.03. The normalized spacial score (nSPS) is 20.5. The van der Waals surface area contributed by atoms with E-state index < -0.39 is 5.97 Å². The summed E-state index contributed by atoms with van der Waals surface area (Å²) in [5, 5.41) is 9.40. The molecule has 0 aliphatic heterocycles. The molecular formula is C14H24O2. The minimum absolute atomic E-state index is 0.0365. The Morgan fingerprint density at radius 2 is 1.62 bits per heavy atom. The zero-order valence-electron chi connectivity index (χ0n) is 11.0. The molecule has 0 heterocycles. The highest BCUT2D eigenvalue weighted by molar-refractivity contribution is 5.88. The van der Waals surface area contributed by atoms with Gasteiger partial charge in [0.25, 0.3) is 0 Å². The van der Waals surface area contributed by atoms with Crippen LogP contribution in [-0.2, 0) is 4.79 Å². The third-order valence-electron chi connectivity index (χ3n) is 3.77. The Morgan fingerprint density at radius 3 is 2.00 bits per heavy atom. The molecule has 16 heavy (non-hydrogen) atoms. The van der Waals surface area contributed by atoms with Crippen LogP contribution in [0.2, 0.25) is 0 Å². The lowest BCUT2D eigenvalue weighted by Crippen LogP contribution is -2.22. The fourth-order valence-electron chi connectivity index (χ4n) is 2.44. The summed E-state index contributed by atoms with van der Waals surface area (Å²) in [7, 11) is 0. The van der Waals surface area contributed by atoms with Crippen molar-refractivity contribution in [1.82, 2.24) is 0 Å². The molecule has 0 saturated heterocycles. The summed E-state index contributed by atoms with van der Waals surface area (Å²) < 4.78 is 0. The molecule has 1 aliphatic rings. The topological polar surface area (TPSA) is 37.3 Å². The van der Waals surface area contributed by atoms with Crippen molar-refractivity contribution in [1.29, 1.82) is 0 Å². The van der Waals surface area contributed by atoms with Gasteiger partial charge in [0.2, 0.25) is 0 Å². The van der Waals surface area contributed by atoms with Gasteiger partial charge in [0.15, 0.2) is 0 Å². The van der Waals surface area contributed by atoms with E-state index in [4.69, 9.17) is 0 Å². The molecule has 0 aromatic carbocycles. The van der Waals surface area contributed by atoms with Crippen molar-refractivity contribution < 1.29 is 9.90 Å². The van der Waals surface area contributed by atoms with Crippen LogP contribution in [0.25, 0.3) is 0 Å². The van der Waals surface area contributed by atoms with Crippen LogP contribution in [0, 0.1) is 11.3 Å². The number of hydrogen-bond donors (Lipinski definition) is 1. The van der Waals surface area contributed by atoms with Gasteiger partial charge in [-0.25, -0.2) is 4.79 Å². The number of carboxylic acid groups (broad SMARTS) is 1. The Kier molecular flexibility index (Phi) is 4.17. The monoisotopic (exact) mass is 224 g/mol. The molecule has 0 amide bonds. The fourth-order valence-corrected chi connectivity index (χ4v) is 2.44. The summed E-state index contributed by atoms with van der Waals surface area (Å²) in [5.41, 5.74) is 1.70. The van der Waals surface area contributed by atoms with Gasteiger partial charge >= 0.3 is 5.97 Å². The van der Waals surface area contributed by atoms with Gasteiger partial charge in [-0.05, 0) is 31.1 Å². The van der Waals surface area contributed by atoms with Gasteiger partial charge < -0.3 is 5.11 Å². The summed E-state index contributed by atoms with van der Waals surface area (Å²) in [5.74, 6) is -0.426. The summed E-state index contributed by atoms with van der Waals surface area (Å²) in [4.78, 5) is 11.4. The molecule has 0 aromatic heterocycles. The molecule has 0 unspecified atom stereocenters. The maximum Gasteiger partial charge on any atom is 0.331 e. The Labute approximate surface area is 98.7 Å². The molecule has 0 bridgehead atoms. The Balaban J connectivity index is 3.02. The van der Waals surface area contributed by atoms with Crippen molar-refractivity contribution in [2.75, 3.05) is 0 Å². The van der Waals surface area contributed by atoms with E-state index in [9.17, 15) is 9.90 Å². The molecule has 0 radical (unpaired) electrons. The fraction of sp³-hybridized carbons (Fsp3) is 0.786. The zero-order valence-corrected chi connectivity index (χ0v) is 11.0. The predicted octanol–water partition coefficient (Wildman–Crippen LogP) is 4.01. The quantitative estimate of drug-likeness (QED) is 0.719. The third kappa shape index (κ3) is 3.10. The summed E-state index contributed by atoms with van der Waals surface area (Å²) >= 11 is 0. The van der Waals surface area contributed by atoms with E-state index >= 15 is 0 Å². The highest BCUT2D eigenvalue weighted by atomic mass is 16.4. The highest BCUT2D eigenvalue weighted by Crippen LogP contribution is 2.36. The minimum atomic E-state index is -0.709. The van der Waals surface area contributed by atoms with Crippen LogP contribution in [0.15, 0.2) is 11.1 Å². The van der Waals surface area contributed by atoms with Gasteiger partial charge in [0.1, 0.15) is 0 Å². The SMILES string of the molecule is CC(=C(C(=O)O)C1CCCCC1)C(C)(C)C. The van der Waals surface area contributed by atoms with Gasteiger partial charge in [0.05, 0.1) is 0 Å². The zero-order chi connectivity index (χ0) is 12.3. The first-order valence-electron chi connectivity index (χ1n) is 6.28. The minimum Gasteiger partial charge on any atom is -0.478 e. The molecule has 0 atom stereocenters. The second-order valence-electron chi connectivity index (χ2n) is 5.93. The predicted molar refractivity (Wildman–Crippen MR) is 66.4 cm³/mol. The molecule has 0 spiro atoms. The van der Waals surface area contributed by atoms with Gasteiger partial charge in [-0.2, -0.15) is 0 Å². The van der Waals surface area contributed by atoms with Gasteiger partial charge in [-0.1, -0.05) is 45.6 Å². The van der Waals surface area contributed by atoms with Crippen molar-refractivity contribution in [3.63, 3.8) is 0 Å². The molecule has 1 aliphatic carbocycles. The van der Waals surface area contributed by atoms with Crippen LogP contribution >= 0.6 is 0 Å². The first-order valence-corrected chi connectivity index (χ1v) is 6.28. The Morgan fingerprint density at radius 1 is 1.12 bits per heavy atom. The van der Waals surface area contributed by atoms with Gasteiger partial charge in [0, 0.05) is 5.57 Å². The summed E-state index contributed by atoms with van der Waals surface area (Å²) in [6.07, 6.45) is 5.72. The second-order valence-corrected chi connectivity index (χ2v) is 5.93. The van der Waals surface area contributed by atoms with E-state index in [1.165, 1.54) is 19.3 Å². The lowest BCUT2D eigenvalue weighted by molar-refractivity contribution is -0.133. The highest BCUT2D eigenvalue weighted by Gasteiger charge is 2.28. The number of rotatable bonds is 2. The van der Waals surface area contributed by atoms with Crippen LogP contribution in [-0.4, -0.2) is 11.1 Å². The van der Waals surface area contributed by atoms with E-state index in [1.807, 2.05) is 6.92 Å². The van der Waals surface area contributed by atoms with Crippen LogP contribution in [0.3, 0.4) is 0 Å². The molecule has 92 valence electrons. The molecule has 1 saturated carbocycles. The average molecular weight is 224 g/mol. The first kappa shape index (κ1) is 13.3. The lowest BCUT2D eigenvalue weighted by Gasteiger charge is -2.29. The molecule has 2 heteroatoms. The van der Waals surface area contributed by atoms with Crippen molar-refractivity contribution in [2.24, 2.45) is 11.3 Å². The van der Waals surface area contributed by atoms with Gasteiger partial charge in [-0.3, -0.25) is 0 Å². The van der Waals surface area contributed by atoms with Crippen molar-refractivity contribution >= 4 is 5.97 Å². The molecule has 0 aromatic rings. The Bertz CT molecular complexity index is 288. The molecule has 1 rings (SSSR count). The number of carboxylic acids is 1. The van der Waals surface area contributed by atoms with E-state index in [0.29, 0.717) is 5.57 Å². The first-order chi connectivity index (χ1) is 7.34. The van der Waals surface area contributed by atoms with E-state index in [1.54, 1.807) is 0 Å². The summed E-state index contributed by atoms with van der Waals surface area (Å²) in [6, 6.07) is 0. The van der Waals surface area contributed by atoms with Crippen LogP contribution in [0.5, 0.6) is 0 Å². The van der Waals surface area contributed by atoms with E-state index in [0.717, 1.165) is 18.4 Å². The molecule has 1 fully saturated rings. The smallest absolute Gasteiger partial charge is 0.331 e. The van der Waals surface area contributed by atoms with E-state index in [2.05, 4.69) is 20.8 Å². The number of allylic oxidation sites excluding steroid dienone is 1. The molecule has 2 nitrogen and oxygen atoms in total. The maximum atomic E-state index is 11.4. The third-order valence-corrected chi connectivity index (χ3v) is 3.77. The van der Waals surface area contributed by atoms with E-state index in [-0.39, 0.29) is 11.3 Å². The van der Waals surface area contributed by atoms with Crippen LogP contribution < -0.4 is 0 Å². The number of aliphatic carboxylic acids is 1. The van der Waals surface area contributed by atoms with Crippen molar-refractivity contribution in [3.05, 3.63) is 11.1 Å². The van der Waals surface area contributed by atoms with Crippen molar-refractivity contribution in [2.45, 2.75) is 59.8 Å². The number of carbonyl (C=O) groups is 1. The molecular weight excluding hydrogens is 200 g/mol. The standard InChI is InChI=1S/C14H24O2/c1-10(14(2,3)4)12(13(15)16)11-8-6-5-7-9-11/h11H,5-9H2,1-4H3,(H,15,16). The summed E-state index contributed by atoms with van der Waals surface area (Å²) in [6.45, 7) is 8.26. The largest absolute Gasteiger partial charge is 0.478 e. The average Bonchev–Trinajstić information content (AvgIpc) is 2.17. The van der Waals surface area contributed by atoms with Crippen molar-refractivity contribution in [3.8, 4) is 0 Å².